The second-order valence-corrected chi connectivity index (χ2v) is 3.52. The number of rotatable bonds is 3. The number of nitrogens with one attached hydrogen (secondary N) is 2. The van der Waals surface area contributed by atoms with Gasteiger partial charge >= 0.3 is 0 Å². The summed E-state index contributed by atoms with van der Waals surface area (Å²) in [5.74, 6) is -2.22. The number of H-pyrrole nitrogens is 1. The summed E-state index contributed by atoms with van der Waals surface area (Å²) in [5, 5.41) is 2.26. The lowest BCUT2D eigenvalue weighted by Crippen LogP contribution is -2.13. The van der Waals surface area contributed by atoms with Gasteiger partial charge in [0.1, 0.15) is 17.3 Å². The van der Waals surface area contributed by atoms with Crippen molar-refractivity contribution in [2.24, 2.45) is 0 Å². The van der Waals surface area contributed by atoms with Crippen LogP contribution in [-0.2, 0) is 0 Å². The number of anilines is 1. The number of aromatic amines is 1. The number of hydrogen-bond acceptors (Lipinski definition) is 2. The molecule has 2 rings (SSSR count). The highest BCUT2D eigenvalue weighted by atomic mass is 19.1. The van der Waals surface area contributed by atoms with E-state index in [9.17, 15) is 18.4 Å². The summed E-state index contributed by atoms with van der Waals surface area (Å²) in [5.41, 5.74) is 0.212. The van der Waals surface area contributed by atoms with Crippen LogP contribution in [0.5, 0.6) is 0 Å². The first-order valence-corrected chi connectivity index (χ1v) is 5.01. The maximum Gasteiger partial charge on any atom is 0.272 e. The van der Waals surface area contributed by atoms with Gasteiger partial charge in [-0.1, -0.05) is 0 Å². The summed E-state index contributed by atoms with van der Waals surface area (Å²) >= 11 is 0. The maximum absolute atomic E-state index is 13.3. The average molecular weight is 250 g/mol. The van der Waals surface area contributed by atoms with Crippen LogP contribution in [0.15, 0.2) is 30.3 Å². The van der Waals surface area contributed by atoms with Crippen LogP contribution in [0.3, 0.4) is 0 Å². The fraction of sp³-hybridized carbons (Fsp3) is 0. The molecule has 1 amide bonds. The molecule has 0 fully saturated rings. The molecule has 0 atom stereocenters. The van der Waals surface area contributed by atoms with Gasteiger partial charge in [-0.25, -0.2) is 8.78 Å². The molecule has 1 heterocycles. The van der Waals surface area contributed by atoms with Gasteiger partial charge in [0.05, 0.1) is 11.4 Å². The van der Waals surface area contributed by atoms with E-state index in [-0.39, 0.29) is 17.1 Å². The molecule has 0 aliphatic rings. The van der Waals surface area contributed by atoms with Crippen molar-refractivity contribution in [2.45, 2.75) is 0 Å². The third-order valence-electron chi connectivity index (χ3n) is 2.26. The molecule has 1 aromatic heterocycles. The molecule has 2 N–H and O–H groups in total. The average Bonchev–Trinajstić information content (AvgIpc) is 2.81. The zero-order chi connectivity index (χ0) is 13.1. The van der Waals surface area contributed by atoms with Crippen LogP contribution in [0.4, 0.5) is 14.5 Å². The number of hydrogen-bond donors (Lipinski definition) is 2. The van der Waals surface area contributed by atoms with Crippen LogP contribution in [0.1, 0.15) is 21.0 Å². The van der Waals surface area contributed by atoms with Gasteiger partial charge < -0.3 is 10.3 Å². The Hall–Kier alpha value is -2.50. The molecule has 4 nitrogen and oxygen atoms in total. The van der Waals surface area contributed by atoms with Crippen molar-refractivity contribution in [1.29, 1.82) is 0 Å². The van der Waals surface area contributed by atoms with Crippen molar-refractivity contribution in [3.8, 4) is 0 Å². The van der Waals surface area contributed by atoms with E-state index in [0.717, 1.165) is 12.1 Å². The number of aromatic nitrogens is 1. The minimum absolute atomic E-state index is 0.112. The topological polar surface area (TPSA) is 62.0 Å². The predicted molar refractivity (Wildman–Crippen MR) is 60.5 cm³/mol. The number of amides is 1. The Morgan fingerprint density at radius 3 is 2.61 bits per heavy atom. The Labute approximate surface area is 101 Å². The minimum atomic E-state index is -0.870. The van der Waals surface area contributed by atoms with Crippen LogP contribution >= 0.6 is 0 Å². The molecule has 0 aliphatic carbocycles. The molecule has 18 heavy (non-hydrogen) atoms. The standard InChI is InChI=1S/C12H8F2N2O2/c13-7-1-3-10(9(14)5-7)16-12(18)11-4-2-8(6-17)15-11/h1-6,15H,(H,16,18). The van der Waals surface area contributed by atoms with Gasteiger partial charge in [-0.3, -0.25) is 9.59 Å². The normalized spacial score (nSPS) is 10.1. The molecule has 0 spiro atoms. The SMILES string of the molecule is O=Cc1ccc(C(=O)Nc2ccc(F)cc2F)[nH]1. The van der Waals surface area contributed by atoms with Crippen LogP contribution in [0, 0.1) is 11.6 Å². The van der Waals surface area contributed by atoms with Crippen LogP contribution in [0.25, 0.3) is 0 Å². The second kappa shape index (κ2) is 4.79. The van der Waals surface area contributed by atoms with Gasteiger partial charge in [0.15, 0.2) is 6.29 Å². The largest absolute Gasteiger partial charge is 0.348 e. The summed E-state index contributed by atoms with van der Waals surface area (Å²) in [4.78, 5) is 24.6. The quantitative estimate of drug-likeness (QED) is 0.821. The lowest BCUT2D eigenvalue weighted by molar-refractivity contribution is 0.102. The third-order valence-corrected chi connectivity index (χ3v) is 2.26. The molecular weight excluding hydrogens is 242 g/mol. The number of carbonyl (C=O) groups excluding carboxylic acids is 2. The molecule has 1 aromatic carbocycles. The number of halogens is 2. The van der Waals surface area contributed by atoms with E-state index in [1.54, 1.807) is 0 Å². The van der Waals surface area contributed by atoms with Crippen LogP contribution in [-0.4, -0.2) is 17.2 Å². The number of benzene rings is 1. The van der Waals surface area contributed by atoms with Gasteiger partial charge in [0, 0.05) is 6.07 Å². The van der Waals surface area contributed by atoms with Gasteiger partial charge in [-0.15, -0.1) is 0 Å². The number of aldehydes is 1. The minimum Gasteiger partial charge on any atom is -0.348 e. The zero-order valence-corrected chi connectivity index (χ0v) is 9.04. The molecule has 0 bridgehead atoms. The molecule has 2 aromatic rings. The fourth-order valence-corrected chi connectivity index (χ4v) is 1.39. The summed E-state index contributed by atoms with van der Waals surface area (Å²) in [7, 11) is 0. The van der Waals surface area contributed by atoms with E-state index >= 15 is 0 Å². The van der Waals surface area contributed by atoms with Crippen LogP contribution in [0.2, 0.25) is 0 Å². The first-order valence-electron chi connectivity index (χ1n) is 5.01. The van der Waals surface area contributed by atoms with E-state index in [1.165, 1.54) is 12.1 Å². The first kappa shape index (κ1) is 12.0. The van der Waals surface area contributed by atoms with Gasteiger partial charge in [-0.05, 0) is 24.3 Å². The molecule has 0 aliphatic heterocycles. The summed E-state index contributed by atoms with van der Waals surface area (Å²) in [6.07, 6.45) is 0.551. The Balaban J connectivity index is 2.18. The second-order valence-electron chi connectivity index (χ2n) is 3.52. The third kappa shape index (κ3) is 2.42. The van der Waals surface area contributed by atoms with E-state index < -0.39 is 17.5 Å². The van der Waals surface area contributed by atoms with Crippen molar-refractivity contribution in [3.63, 3.8) is 0 Å². The lowest BCUT2D eigenvalue weighted by Gasteiger charge is -2.04. The first-order chi connectivity index (χ1) is 8.60. The molecule has 92 valence electrons. The molecule has 0 saturated heterocycles. The lowest BCUT2D eigenvalue weighted by atomic mass is 10.3. The summed E-state index contributed by atoms with van der Waals surface area (Å²) < 4.78 is 25.9. The Bertz CT molecular complexity index is 608. The van der Waals surface area contributed by atoms with Crippen molar-refractivity contribution >= 4 is 17.9 Å². The highest BCUT2D eigenvalue weighted by Crippen LogP contribution is 2.15. The maximum atomic E-state index is 13.3. The van der Waals surface area contributed by atoms with Crippen molar-refractivity contribution in [3.05, 3.63) is 53.4 Å². The molecule has 6 heteroatoms. The van der Waals surface area contributed by atoms with E-state index in [4.69, 9.17) is 0 Å². The summed E-state index contributed by atoms with van der Waals surface area (Å²) in [6.45, 7) is 0. The van der Waals surface area contributed by atoms with E-state index in [0.29, 0.717) is 12.4 Å². The highest BCUT2D eigenvalue weighted by Gasteiger charge is 2.11. The van der Waals surface area contributed by atoms with Gasteiger partial charge in [0.25, 0.3) is 5.91 Å². The Kier molecular flexibility index (Phi) is 3.18. The van der Waals surface area contributed by atoms with Crippen LogP contribution < -0.4 is 5.32 Å². The Morgan fingerprint density at radius 2 is 2.00 bits per heavy atom. The molecule has 0 radical (unpaired) electrons. The molecule has 0 saturated carbocycles. The smallest absolute Gasteiger partial charge is 0.272 e. The van der Waals surface area contributed by atoms with Crippen molar-refractivity contribution < 1.29 is 18.4 Å². The Morgan fingerprint density at radius 1 is 1.22 bits per heavy atom. The molecule has 0 unspecified atom stereocenters. The fourth-order valence-electron chi connectivity index (χ4n) is 1.39. The zero-order valence-electron chi connectivity index (χ0n) is 9.04. The molecular formula is C12H8F2N2O2. The van der Waals surface area contributed by atoms with Gasteiger partial charge in [-0.2, -0.15) is 0 Å². The van der Waals surface area contributed by atoms with Crippen molar-refractivity contribution in [1.82, 2.24) is 4.98 Å². The predicted octanol–water partition coefficient (Wildman–Crippen LogP) is 2.36. The number of carbonyl (C=O) groups is 2. The highest BCUT2D eigenvalue weighted by molar-refractivity contribution is 6.03. The monoisotopic (exact) mass is 250 g/mol. The van der Waals surface area contributed by atoms with Gasteiger partial charge in [0.2, 0.25) is 0 Å². The van der Waals surface area contributed by atoms with E-state index in [2.05, 4.69) is 10.3 Å². The summed E-state index contributed by atoms with van der Waals surface area (Å²) in [6, 6.07) is 5.63. The van der Waals surface area contributed by atoms with E-state index in [1.807, 2.05) is 0 Å². The van der Waals surface area contributed by atoms with Crippen molar-refractivity contribution in [2.75, 3.05) is 5.32 Å².